The summed E-state index contributed by atoms with van der Waals surface area (Å²) in [7, 11) is 0. The molecule has 0 aliphatic heterocycles. The Morgan fingerprint density at radius 3 is 2.36 bits per heavy atom. The van der Waals surface area contributed by atoms with Gasteiger partial charge in [0.1, 0.15) is 0 Å². The van der Waals surface area contributed by atoms with E-state index in [9.17, 15) is 0 Å². The molecule has 0 fully saturated rings. The molecule has 68 valence electrons. The summed E-state index contributed by atoms with van der Waals surface area (Å²) in [4.78, 5) is 2.33. The summed E-state index contributed by atoms with van der Waals surface area (Å²) in [5, 5.41) is 0. The Morgan fingerprint density at radius 1 is 1.36 bits per heavy atom. The van der Waals surface area contributed by atoms with E-state index in [1.54, 1.807) is 0 Å². The second-order valence-corrected chi connectivity index (χ2v) is 2.89. The largest absolute Gasteiger partial charge is 0.329 e. The highest BCUT2D eigenvalue weighted by atomic mass is 15.1. The van der Waals surface area contributed by atoms with Crippen molar-refractivity contribution in [3.05, 3.63) is 0 Å². The first-order valence-corrected chi connectivity index (χ1v) is 4.42. The molecule has 3 nitrogen and oxygen atoms in total. The van der Waals surface area contributed by atoms with E-state index >= 15 is 0 Å². The molecule has 0 spiro atoms. The molecule has 11 heavy (non-hydrogen) atoms. The summed E-state index contributed by atoms with van der Waals surface area (Å²) in [5.74, 6) is 0. The molecule has 0 amide bonds. The fourth-order valence-corrected chi connectivity index (χ4v) is 1.10. The quantitative estimate of drug-likeness (QED) is 0.574. The predicted octanol–water partition coefficient (Wildman–Crippen LogP) is 0.00430. The molecule has 1 atom stereocenters. The molecule has 0 rings (SSSR count). The lowest BCUT2D eigenvalue weighted by Crippen LogP contribution is -2.42. The van der Waals surface area contributed by atoms with Crippen LogP contribution in [0.2, 0.25) is 0 Å². The van der Waals surface area contributed by atoms with Gasteiger partial charge in [0.25, 0.3) is 0 Å². The number of nitrogens with two attached hydrogens (primary N) is 2. The second-order valence-electron chi connectivity index (χ2n) is 2.89. The third-order valence-electron chi connectivity index (χ3n) is 1.78. The molecule has 4 N–H and O–H groups in total. The van der Waals surface area contributed by atoms with E-state index < -0.39 is 0 Å². The fourth-order valence-electron chi connectivity index (χ4n) is 1.10. The van der Waals surface area contributed by atoms with Crippen LogP contribution in [0.4, 0.5) is 0 Å². The minimum atomic E-state index is 0.140. The SMILES string of the molecule is CCCN(CC)CC(N)CN. The van der Waals surface area contributed by atoms with Crippen molar-refractivity contribution in [1.82, 2.24) is 4.90 Å². The van der Waals surface area contributed by atoms with Crippen LogP contribution in [0.15, 0.2) is 0 Å². The van der Waals surface area contributed by atoms with Crippen LogP contribution in [0, 0.1) is 0 Å². The standard InChI is InChI=1S/C8H21N3/c1-3-5-11(4-2)7-8(10)6-9/h8H,3-7,9-10H2,1-2H3. The Balaban J connectivity index is 3.49. The van der Waals surface area contributed by atoms with E-state index in [4.69, 9.17) is 11.5 Å². The maximum absolute atomic E-state index is 5.71. The molecular weight excluding hydrogens is 138 g/mol. The van der Waals surface area contributed by atoms with Gasteiger partial charge in [0.15, 0.2) is 0 Å². The first-order valence-electron chi connectivity index (χ1n) is 4.42. The van der Waals surface area contributed by atoms with Crippen LogP contribution in [0.1, 0.15) is 20.3 Å². The van der Waals surface area contributed by atoms with Gasteiger partial charge in [-0.15, -0.1) is 0 Å². The second kappa shape index (κ2) is 6.58. The predicted molar refractivity (Wildman–Crippen MR) is 49.4 cm³/mol. The third kappa shape index (κ3) is 5.18. The smallest absolute Gasteiger partial charge is 0.0292 e. The number of likely N-dealkylation sites (N-methyl/N-ethyl adjacent to an activating group) is 1. The topological polar surface area (TPSA) is 55.3 Å². The van der Waals surface area contributed by atoms with Gasteiger partial charge in [0.05, 0.1) is 0 Å². The molecule has 0 heterocycles. The van der Waals surface area contributed by atoms with Gasteiger partial charge in [-0.3, -0.25) is 0 Å². The summed E-state index contributed by atoms with van der Waals surface area (Å²) in [6.07, 6.45) is 1.19. The Hall–Kier alpha value is -0.120. The van der Waals surface area contributed by atoms with E-state index in [-0.39, 0.29) is 6.04 Å². The van der Waals surface area contributed by atoms with E-state index in [0.717, 1.165) is 19.6 Å². The van der Waals surface area contributed by atoms with E-state index in [1.807, 2.05) is 0 Å². The van der Waals surface area contributed by atoms with Gasteiger partial charge in [-0.1, -0.05) is 13.8 Å². The van der Waals surface area contributed by atoms with E-state index in [0.29, 0.717) is 6.54 Å². The van der Waals surface area contributed by atoms with Crippen LogP contribution in [-0.4, -0.2) is 37.1 Å². The van der Waals surface area contributed by atoms with E-state index in [2.05, 4.69) is 18.7 Å². The van der Waals surface area contributed by atoms with Crippen LogP contribution in [0.3, 0.4) is 0 Å². The van der Waals surface area contributed by atoms with Gasteiger partial charge >= 0.3 is 0 Å². The number of hydrogen-bond acceptors (Lipinski definition) is 3. The minimum absolute atomic E-state index is 0.140. The summed E-state index contributed by atoms with van der Waals surface area (Å²) in [6, 6.07) is 0.140. The minimum Gasteiger partial charge on any atom is -0.329 e. The maximum Gasteiger partial charge on any atom is 0.0292 e. The van der Waals surface area contributed by atoms with Crippen LogP contribution in [0.25, 0.3) is 0 Å². The molecule has 0 saturated heterocycles. The van der Waals surface area contributed by atoms with Crippen LogP contribution >= 0.6 is 0 Å². The normalized spacial score (nSPS) is 13.9. The van der Waals surface area contributed by atoms with Crippen molar-refractivity contribution in [3.63, 3.8) is 0 Å². The van der Waals surface area contributed by atoms with E-state index in [1.165, 1.54) is 6.42 Å². The lowest BCUT2D eigenvalue weighted by molar-refractivity contribution is 0.271. The lowest BCUT2D eigenvalue weighted by atomic mass is 10.3. The monoisotopic (exact) mass is 159 g/mol. The molecule has 0 aliphatic carbocycles. The number of nitrogens with zero attached hydrogens (tertiary/aromatic N) is 1. The molecule has 0 aromatic rings. The highest BCUT2D eigenvalue weighted by Gasteiger charge is 2.05. The highest BCUT2D eigenvalue weighted by Crippen LogP contribution is 1.91. The highest BCUT2D eigenvalue weighted by molar-refractivity contribution is 4.67. The summed E-state index contributed by atoms with van der Waals surface area (Å²) in [5.41, 5.74) is 11.1. The Bertz CT molecular complexity index is 85.4. The molecule has 0 aromatic heterocycles. The van der Waals surface area contributed by atoms with Gasteiger partial charge in [0.2, 0.25) is 0 Å². The van der Waals surface area contributed by atoms with Gasteiger partial charge in [-0.2, -0.15) is 0 Å². The Morgan fingerprint density at radius 2 is 2.00 bits per heavy atom. The fraction of sp³-hybridized carbons (Fsp3) is 1.00. The lowest BCUT2D eigenvalue weighted by Gasteiger charge is -2.22. The maximum atomic E-state index is 5.71. The van der Waals surface area contributed by atoms with Crippen LogP contribution in [0.5, 0.6) is 0 Å². The Labute approximate surface area is 69.7 Å². The molecular formula is C8H21N3. The van der Waals surface area contributed by atoms with Gasteiger partial charge in [-0.25, -0.2) is 0 Å². The summed E-state index contributed by atoms with van der Waals surface area (Å²) in [6.45, 7) is 8.04. The van der Waals surface area contributed by atoms with Crippen molar-refractivity contribution >= 4 is 0 Å². The zero-order valence-corrected chi connectivity index (χ0v) is 7.71. The van der Waals surface area contributed by atoms with Gasteiger partial charge in [0, 0.05) is 19.1 Å². The number of hydrogen-bond donors (Lipinski definition) is 2. The van der Waals surface area contributed by atoms with Crippen molar-refractivity contribution in [2.24, 2.45) is 11.5 Å². The molecule has 0 aliphatic rings. The van der Waals surface area contributed by atoms with Gasteiger partial charge in [-0.05, 0) is 19.5 Å². The summed E-state index contributed by atoms with van der Waals surface area (Å²) < 4.78 is 0. The molecule has 1 unspecified atom stereocenters. The van der Waals surface area contributed by atoms with Crippen molar-refractivity contribution in [3.8, 4) is 0 Å². The molecule has 0 aromatic carbocycles. The molecule has 0 bridgehead atoms. The van der Waals surface area contributed by atoms with Crippen molar-refractivity contribution < 1.29 is 0 Å². The molecule has 3 heteroatoms. The van der Waals surface area contributed by atoms with Crippen molar-refractivity contribution in [2.45, 2.75) is 26.3 Å². The number of rotatable bonds is 6. The summed E-state index contributed by atoms with van der Waals surface area (Å²) >= 11 is 0. The van der Waals surface area contributed by atoms with Crippen molar-refractivity contribution in [2.75, 3.05) is 26.2 Å². The molecule has 0 radical (unpaired) electrons. The Kier molecular flexibility index (Phi) is 6.51. The van der Waals surface area contributed by atoms with Gasteiger partial charge < -0.3 is 16.4 Å². The first-order chi connectivity index (χ1) is 5.24. The molecule has 0 saturated carbocycles. The zero-order valence-electron chi connectivity index (χ0n) is 7.71. The average Bonchev–Trinajstić information content (AvgIpc) is 2.03. The van der Waals surface area contributed by atoms with Crippen molar-refractivity contribution in [1.29, 1.82) is 0 Å². The van der Waals surface area contributed by atoms with Crippen LogP contribution < -0.4 is 11.5 Å². The third-order valence-corrected chi connectivity index (χ3v) is 1.78. The zero-order chi connectivity index (χ0) is 8.69. The van der Waals surface area contributed by atoms with Crippen LogP contribution in [-0.2, 0) is 0 Å². The first kappa shape index (κ1) is 10.9. The average molecular weight is 159 g/mol.